The first-order valence-electron chi connectivity index (χ1n) is 8.15. The molecule has 0 aliphatic carbocycles. The Morgan fingerprint density at radius 1 is 1.36 bits per heavy atom. The molecule has 1 aromatic heterocycles. The molecule has 0 bridgehead atoms. The van der Waals surface area contributed by atoms with Crippen molar-refractivity contribution in [2.24, 2.45) is 12.0 Å². The van der Waals surface area contributed by atoms with Crippen LogP contribution in [0.5, 0.6) is 11.5 Å². The van der Waals surface area contributed by atoms with Crippen molar-refractivity contribution >= 4 is 5.96 Å². The Kier molecular flexibility index (Phi) is 7.06. The van der Waals surface area contributed by atoms with Crippen LogP contribution in [0.25, 0.3) is 0 Å². The van der Waals surface area contributed by atoms with Gasteiger partial charge in [0, 0.05) is 33.8 Å². The molecule has 0 atom stereocenters. The number of aliphatic imine (C=N–C) groups is 1. The van der Waals surface area contributed by atoms with Crippen LogP contribution >= 0.6 is 0 Å². The van der Waals surface area contributed by atoms with Crippen molar-refractivity contribution in [1.29, 1.82) is 0 Å². The summed E-state index contributed by atoms with van der Waals surface area (Å²) in [5.74, 6) is 3.29. The van der Waals surface area contributed by atoms with Gasteiger partial charge >= 0.3 is 0 Å². The van der Waals surface area contributed by atoms with Gasteiger partial charge in [-0.3, -0.25) is 9.67 Å². The molecular formula is C17H26N6O2. The van der Waals surface area contributed by atoms with Crippen LogP contribution in [0.15, 0.2) is 35.6 Å². The van der Waals surface area contributed by atoms with E-state index in [-0.39, 0.29) is 0 Å². The average Bonchev–Trinajstić information content (AvgIpc) is 3.03. The monoisotopic (exact) mass is 346 g/mol. The van der Waals surface area contributed by atoms with Crippen LogP contribution < -0.4 is 14.8 Å². The smallest absolute Gasteiger partial charge is 0.193 e. The second-order valence-corrected chi connectivity index (χ2v) is 5.51. The Bertz CT molecular complexity index is 685. The lowest BCUT2D eigenvalue weighted by Crippen LogP contribution is -2.39. The largest absolute Gasteiger partial charge is 0.497 e. The fourth-order valence-corrected chi connectivity index (χ4v) is 2.29. The van der Waals surface area contributed by atoms with Crippen LogP contribution in [0.2, 0.25) is 0 Å². The van der Waals surface area contributed by atoms with Gasteiger partial charge in [-0.05, 0) is 18.6 Å². The first-order chi connectivity index (χ1) is 12.1. The second kappa shape index (κ2) is 9.51. The molecule has 0 unspecified atom stereocenters. The summed E-state index contributed by atoms with van der Waals surface area (Å²) in [7, 11) is 7.26. The zero-order chi connectivity index (χ0) is 18.1. The van der Waals surface area contributed by atoms with Gasteiger partial charge in [0.2, 0.25) is 0 Å². The number of nitrogens with zero attached hydrogens (tertiary/aromatic N) is 5. The highest BCUT2D eigenvalue weighted by Gasteiger charge is 2.09. The first kappa shape index (κ1) is 18.6. The van der Waals surface area contributed by atoms with Gasteiger partial charge in [-0.15, -0.1) is 0 Å². The molecular weight excluding hydrogens is 320 g/mol. The predicted octanol–water partition coefficient (Wildman–Crippen LogP) is 1.30. The maximum atomic E-state index is 5.73. The van der Waals surface area contributed by atoms with E-state index >= 15 is 0 Å². The van der Waals surface area contributed by atoms with E-state index in [1.54, 1.807) is 25.2 Å². The van der Waals surface area contributed by atoms with E-state index in [9.17, 15) is 0 Å². The molecule has 0 aliphatic heterocycles. The normalized spacial score (nSPS) is 11.3. The van der Waals surface area contributed by atoms with Crippen molar-refractivity contribution in [3.63, 3.8) is 0 Å². The molecule has 136 valence electrons. The van der Waals surface area contributed by atoms with Crippen LogP contribution in [0.1, 0.15) is 12.2 Å². The summed E-state index contributed by atoms with van der Waals surface area (Å²) in [6.07, 6.45) is 2.41. The van der Waals surface area contributed by atoms with Crippen molar-refractivity contribution in [2.75, 3.05) is 34.4 Å². The number of hydrogen-bond donors (Lipinski definition) is 1. The minimum absolute atomic E-state index is 0.615. The quantitative estimate of drug-likeness (QED) is 0.441. The summed E-state index contributed by atoms with van der Waals surface area (Å²) in [4.78, 5) is 10.5. The lowest BCUT2D eigenvalue weighted by molar-refractivity contribution is 0.307. The minimum Gasteiger partial charge on any atom is -0.497 e. The van der Waals surface area contributed by atoms with E-state index in [0.29, 0.717) is 13.2 Å². The molecule has 0 spiro atoms. The minimum atomic E-state index is 0.615. The number of rotatable bonds is 8. The fraction of sp³-hybridized carbons (Fsp3) is 0.471. The van der Waals surface area contributed by atoms with Crippen molar-refractivity contribution < 1.29 is 9.47 Å². The van der Waals surface area contributed by atoms with E-state index in [1.165, 1.54) is 0 Å². The Morgan fingerprint density at radius 2 is 2.16 bits per heavy atom. The zero-order valence-electron chi connectivity index (χ0n) is 15.3. The van der Waals surface area contributed by atoms with Crippen molar-refractivity contribution in [3.8, 4) is 11.5 Å². The third kappa shape index (κ3) is 5.66. The molecule has 2 rings (SSSR count). The van der Waals surface area contributed by atoms with E-state index in [4.69, 9.17) is 9.47 Å². The Balaban J connectivity index is 1.71. The van der Waals surface area contributed by atoms with Crippen LogP contribution in [-0.4, -0.2) is 60.0 Å². The van der Waals surface area contributed by atoms with Gasteiger partial charge in [-0.25, -0.2) is 4.98 Å². The molecule has 2 aromatic rings. The molecule has 1 heterocycles. The summed E-state index contributed by atoms with van der Waals surface area (Å²) in [5, 5.41) is 7.40. The average molecular weight is 346 g/mol. The van der Waals surface area contributed by atoms with Crippen molar-refractivity contribution in [3.05, 3.63) is 36.4 Å². The molecule has 8 nitrogen and oxygen atoms in total. The van der Waals surface area contributed by atoms with E-state index in [2.05, 4.69) is 20.4 Å². The molecule has 8 heteroatoms. The van der Waals surface area contributed by atoms with E-state index in [0.717, 1.165) is 36.2 Å². The number of ether oxygens (including phenoxy) is 2. The molecule has 1 aromatic carbocycles. The van der Waals surface area contributed by atoms with Gasteiger partial charge in [-0.2, -0.15) is 5.10 Å². The van der Waals surface area contributed by atoms with Crippen molar-refractivity contribution in [1.82, 2.24) is 25.0 Å². The van der Waals surface area contributed by atoms with Gasteiger partial charge < -0.3 is 19.7 Å². The maximum Gasteiger partial charge on any atom is 0.193 e. The van der Waals surface area contributed by atoms with Crippen molar-refractivity contribution in [2.45, 2.75) is 13.0 Å². The number of methoxy groups -OCH3 is 1. The Morgan fingerprint density at radius 3 is 2.84 bits per heavy atom. The second-order valence-electron chi connectivity index (χ2n) is 5.51. The maximum absolute atomic E-state index is 5.73. The van der Waals surface area contributed by atoms with Gasteiger partial charge in [0.1, 0.15) is 23.7 Å². The summed E-state index contributed by atoms with van der Waals surface area (Å²) >= 11 is 0. The van der Waals surface area contributed by atoms with E-state index in [1.807, 2.05) is 43.3 Å². The molecule has 0 fully saturated rings. The third-order valence-corrected chi connectivity index (χ3v) is 3.67. The zero-order valence-corrected chi connectivity index (χ0v) is 15.3. The Hall–Kier alpha value is -2.77. The SMILES string of the molecule is CN=C(NCCCOc1cccc(OC)c1)N(C)Cc1ncnn1C. The molecule has 0 saturated carbocycles. The van der Waals surface area contributed by atoms with Gasteiger partial charge in [0.25, 0.3) is 0 Å². The standard InChI is InChI=1S/C17H26N6O2/c1-18-17(22(2)12-16-20-13-21-23(16)3)19-9-6-10-25-15-8-5-7-14(11-15)24-4/h5,7-8,11,13H,6,9-10,12H2,1-4H3,(H,18,19). The molecule has 0 saturated heterocycles. The predicted molar refractivity (Wildman–Crippen MR) is 96.9 cm³/mol. The summed E-state index contributed by atoms with van der Waals surface area (Å²) in [6, 6.07) is 7.60. The number of benzene rings is 1. The summed E-state index contributed by atoms with van der Waals surface area (Å²) < 4.78 is 12.7. The van der Waals surface area contributed by atoms with Crippen LogP contribution in [0, 0.1) is 0 Å². The molecule has 1 N–H and O–H groups in total. The highest BCUT2D eigenvalue weighted by Crippen LogP contribution is 2.18. The number of aromatic nitrogens is 3. The number of nitrogens with one attached hydrogen (secondary N) is 1. The number of guanidine groups is 1. The highest BCUT2D eigenvalue weighted by atomic mass is 16.5. The summed E-state index contributed by atoms with van der Waals surface area (Å²) in [6.45, 7) is 2.01. The first-order valence-corrected chi connectivity index (χ1v) is 8.15. The van der Waals surface area contributed by atoms with Gasteiger partial charge in [0.05, 0.1) is 20.3 Å². The number of hydrogen-bond acceptors (Lipinski definition) is 5. The highest BCUT2D eigenvalue weighted by molar-refractivity contribution is 5.79. The van der Waals surface area contributed by atoms with Gasteiger partial charge in [0.15, 0.2) is 5.96 Å². The molecule has 25 heavy (non-hydrogen) atoms. The van der Waals surface area contributed by atoms with E-state index < -0.39 is 0 Å². The lowest BCUT2D eigenvalue weighted by atomic mass is 10.3. The molecule has 0 radical (unpaired) electrons. The summed E-state index contributed by atoms with van der Waals surface area (Å²) in [5.41, 5.74) is 0. The molecule has 0 aliphatic rings. The van der Waals surface area contributed by atoms with Crippen LogP contribution in [0.4, 0.5) is 0 Å². The van der Waals surface area contributed by atoms with Gasteiger partial charge in [-0.1, -0.05) is 6.07 Å². The fourth-order valence-electron chi connectivity index (χ4n) is 2.29. The topological polar surface area (TPSA) is 76.8 Å². The van der Waals surface area contributed by atoms with Crippen LogP contribution in [-0.2, 0) is 13.6 Å². The lowest BCUT2D eigenvalue weighted by Gasteiger charge is -2.21. The van der Waals surface area contributed by atoms with Crippen LogP contribution in [0.3, 0.4) is 0 Å². The number of aryl methyl sites for hydroxylation is 1. The molecule has 0 amide bonds. The Labute approximate surface area is 148 Å². The third-order valence-electron chi connectivity index (χ3n) is 3.67.